The molecule has 0 aliphatic heterocycles. The number of ketones is 1. The van der Waals surface area contributed by atoms with Crippen molar-refractivity contribution in [3.8, 4) is 0 Å². The number of aliphatic hydroxyl groups excluding tert-OH is 1. The van der Waals surface area contributed by atoms with Gasteiger partial charge < -0.3 is 15.0 Å². The monoisotopic (exact) mass is 478 g/mol. The van der Waals surface area contributed by atoms with Gasteiger partial charge in [-0.15, -0.1) is 0 Å². The molecule has 5 rings (SSSR count). The zero-order valence-electron chi connectivity index (χ0n) is 22.5. The van der Waals surface area contributed by atoms with E-state index in [1.54, 1.807) is 0 Å². The van der Waals surface area contributed by atoms with Crippen molar-refractivity contribution in [1.82, 2.24) is 0 Å². The number of allylic oxidation sites excluding steroid dienone is 2. The maximum atomic E-state index is 14.0. The number of hydrogen-bond acceptors (Lipinski definition) is 4. The number of carbonyl (C=O) groups is 2. The normalized spacial score (nSPS) is 51.6. The molecule has 4 nitrogen and oxygen atoms in total. The van der Waals surface area contributed by atoms with Crippen molar-refractivity contribution >= 4 is 11.8 Å². The molecular weight excluding hydrogens is 435 g/mol. The maximum Gasteiger partial charge on any atom is 1.00 e. The summed E-state index contributed by atoms with van der Waals surface area (Å²) in [5, 5.41) is 22.8. The van der Waals surface area contributed by atoms with Gasteiger partial charge in [0.15, 0.2) is 5.78 Å². The number of carbonyl (C=O) groups excluding carboxylic acids is 2. The summed E-state index contributed by atoms with van der Waals surface area (Å²) in [7, 11) is 0. The Balaban J connectivity index is 0.00000274. The number of hydrogen-bond donors (Lipinski definition) is 1. The molecule has 0 amide bonds. The molecule has 184 valence electrons. The predicted molar refractivity (Wildman–Crippen MR) is 126 cm³/mol. The van der Waals surface area contributed by atoms with Gasteiger partial charge in [0.05, 0.1) is 6.10 Å². The fourth-order valence-electron chi connectivity index (χ4n) is 10.1. The molecule has 0 spiro atoms. The van der Waals surface area contributed by atoms with Crippen LogP contribution in [0.1, 0.15) is 99.3 Å². The molecular formula is C29H43NaO4. The van der Waals surface area contributed by atoms with E-state index in [9.17, 15) is 19.8 Å². The molecule has 5 aliphatic carbocycles. The largest absolute Gasteiger partial charge is 1.00 e. The maximum absolute atomic E-state index is 14.0. The number of rotatable bonds is 1. The molecule has 34 heavy (non-hydrogen) atoms. The quantitative estimate of drug-likeness (QED) is 0.582. The standard InChI is InChI=1S/C29H44O4.Na/c1-25(2)21-8-11-28(5)18-7-10-26(3)13-14-27(4,24(32)33)16-19(26)17(18)15-20(30)23(28)29(21,6)12-9-22(25)31;/h15,18-19,21-23,31H,7-14,16H2,1-6H3,(H,32,33);/q;+1/p-1/t18?,19?,21?,22-,23?,26?,27?,28-,29-;/m0./s1. The Kier molecular flexibility index (Phi) is 6.46. The average Bonchev–Trinajstić information content (AvgIpc) is 2.71. The molecule has 1 N–H and O–H groups in total. The minimum atomic E-state index is -0.936. The van der Waals surface area contributed by atoms with Gasteiger partial charge in [-0.25, -0.2) is 0 Å². The van der Waals surface area contributed by atoms with Gasteiger partial charge in [0, 0.05) is 17.3 Å². The Hall–Kier alpha value is -0.160. The van der Waals surface area contributed by atoms with Crippen LogP contribution in [-0.4, -0.2) is 23.0 Å². The van der Waals surface area contributed by atoms with E-state index in [1.165, 1.54) is 5.57 Å². The minimum absolute atomic E-state index is 0. The first-order valence-electron chi connectivity index (χ1n) is 13.3. The van der Waals surface area contributed by atoms with Crippen LogP contribution in [0.2, 0.25) is 0 Å². The second-order valence-electron chi connectivity index (χ2n) is 14.3. The van der Waals surface area contributed by atoms with Crippen molar-refractivity contribution in [1.29, 1.82) is 0 Å². The second kappa shape index (κ2) is 8.17. The summed E-state index contributed by atoms with van der Waals surface area (Å²) in [4.78, 5) is 26.1. The van der Waals surface area contributed by atoms with Gasteiger partial charge in [-0.1, -0.05) is 47.1 Å². The van der Waals surface area contributed by atoms with Crippen molar-refractivity contribution in [2.24, 2.45) is 50.7 Å². The van der Waals surface area contributed by atoms with Crippen LogP contribution in [-0.2, 0) is 9.59 Å². The van der Waals surface area contributed by atoms with Gasteiger partial charge in [0.2, 0.25) is 0 Å². The third-order valence-corrected chi connectivity index (χ3v) is 12.2. The Bertz CT molecular complexity index is 925. The number of carboxylic acids is 1. The van der Waals surface area contributed by atoms with Crippen molar-refractivity contribution < 1.29 is 49.4 Å². The molecule has 0 heterocycles. The Labute approximate surface area is 228 Å². The van der Waals surface area contributed by atoms with Crippen LogP contribution in [0.4, 0.5) is 0 Å². The van der Waals surface area contributed by atoms with Crippen LogP contribution in [0.5, 0.6) is 0 Å². The number of aliphatic carboxylic acids is 1. The Morgan fingerprint density at radius 1 is 0.912 bits per heavy atom. The summed E-state index contributed by atoms with van der Waals surface area (Å²) in [5.74, 6) is 0.183. The molecule has 0 aromatic heterocycles. The Morgan fingerprint density at radius 3 is 2.21 bits per heavy atom. The predicted octanol–water partition coefficient (Wildman–Crippen LogP) is 1.69. The SMILES string of the molecule is CC1(C(=O)[O-])CCC2(C)CCC3C(=CC(=O)C4[C@@]3(C)CCC3C(C)(C)[C@@H](O)CC[C@@]34C)C2C1.[Na+]. The summed E-state index contributed by atoms with van der Waals surface area (Å²) in [5.41, 5.74) is 0.184. The average molecular weight is 479 g/mol. The first kappa shape index (κ1) is 26.9. The van der Waals surface area contributed by atoms with Crippen molar-refractivity contribution in [3.63, 3.8) is 0 Å². The molecule has 0 aromatic carbocycles. The zero-order chi connectivity index (χ0) is 24.2. The van der Waals surface area contributed by atoms with Crippen molar-refractivity contribution in [2.75, 3.05) is 0 Å². The summed E-state index contributed by atoms with van der Waals surface area (Å²) >= 11 is 0. The molecule has 0 radical (unpaired) electrons. The summed E-state index contributed by atoms with van der Waals surface area (Å²) in [6.45, 7) is 13.3. The van der Waals surface area contributed by atoms with Crippen LogP contribution >= 0.6 is 0 Å². The van der Waals surface area contributed by atoms with Gasteiger partial charge in [-0.2, -0.15) is 0 Å². The number of aliphatic hydroxyl groups is 1. The van der Waals surface area contributed by atoms with Gasteiger partial charge in [-0.05, 0) is 103 Å². The summed E-state index contributed by atoms with van der Waals surface area (Å²) in [6.07, 6.45) is 9.83. The van der Waals surface area contributed by atoms with E-state index in [0.29, 0.717) is 24.7 Å². The smallest absolute Gasteiger partial charge is 0.550 e. The molecule has 0 saturated heterocycles. The molecule has 5 aliphatic rings. The number of fused-ring (bicyclic) bond motifs is 7. The van der Waals surface area contributed by atoms with Crippen LogP contribution < -0.4 is 34.7 Å². The molecule has 4 saturated carbocycles. The third kappa shape index (κ3) is 3.44. The zero-order valence-corrected chi connectivity index (χ0v) is 24.5. The van der Waals surface area contributed by atoms with E-state index in [0.717, 1.165) is 44.9 Å². The first-order chi connectivity index (χ1) is 15.2. The molecule has 4 fully saturated rings. The van der Waals surface area contributed by atoms with E-state index in [4.69, 9.17) is 0 Å². The Morgan fingerprint density at radius 2 is 1.56 bits per heavy atom. The van der Waals surface area contributed by atoms with Crippen LogP contribution in [0.3, 0.4) is 0 Å². The van der Waals surface area contributed by atoms with Crippen molar-refractivity contribution in [2.45, 2.75) is 105 Å². The summed E-state index contributed by atoms with van der Waals surface area (Å²) in [6, 6.07) is 0. The van der Waals surface area contributed by atoms with Gasteiger partial charge in [0.25, 0.3) is 0 Å². The molecule has 9 atom stereocenters. The van der Waals surface area contributed by atoms with Crippen LogP contribution in [0.25, 0.3) is 0 Å². The van der Waals surface area contributed by atoms with E-state index < -0.39 is 11.4 Å². The van der Waals surface area contributed by atoms with Gasteiger partial charge in [0.1, 0.15) is 0 Å². The van der Waals surface area contributed by atoms with E-state index >= 15 is 0 Å². The van der Waals surface area contributed by atoms with E-state index in [-0.39, 0.29) is 74.9 Å². The fourth-order valence-corrected chi connectivity index (χ4v) is 10.1. The van der Waals surface area contributed by atoms with Gasteiger partial charge >= 0.3 is 29.6 Å². The first-order valence-corrected chi connectivity index (χ1v) is 13.3. The molecule has 0 bridgehead atoms. The van der Waals surface area contributed by atoms with Gasteiger partial charge in [-0.3, -0.25) is 4.79 Å². The third-order valence-electron chi connectivity index (χ3n) is 12.2. The van der Waals surface area contributed by atoms with Crippen LogP contribution in [0.15, 0.2) is 11.6 Å². The van der Waals surface area contributed by atoms with Crippen molar-refractivity contribution in [3.05, 3.63) is 11.6 Å². The minimum Gasteiger partial charge on any atom is -0.550 e. The van der Waals surface area contributed by atoms with Crippen LogP contribution in [0, 0.1) is 50.7 Å². The topological polar surface area (TPSA) is 77.4 Å². The van der Waals surface area contributed by atoms with E-state index in [1.807, 2.05) is 13.0 Å². The molecule has 6 unspecified atom stereocenters. The summed E-state index contributed by atoms with van der Waals surface area (Å²) < 4.78 is 0. The molecule has 5 heteroatoms. The molecule has 0 aromatic rings. The van der Waals surface area contributed by atoms with E-state index in [2.05, 4.69) is 34.6 Å². The second-order valence-corrected chi connectivity index (χ2v) is 14.3. The fraction of sp³-hybridized carbons (Fsp3) is 0.862. The number of carboxylic acid groups (broad SMARTS) is 1.